The van der Waals surface area contributed by atoms with Gasteiger partial charge in [-0.3, -0.25) is 20.2 Å². The molecule has 2 saturated carbocycles. The van der Waals surface area contributed by atoms with Crippen LogP contribution in [0.15, 0.2) is 52.7 Å². The largest absolute Gasteiger partial charge is 0.467 e. The predicted octanol–water partition coefficient (Wildman–Crippen LogP) is 6.00. The van der Waals surface area contributed by atoms with Gasteiger partial charge in [-0.2, -0.15) is 9.97 Å². The fraction of sp³-hybridized carbons (Fsp3) is 0.529. The van der Waals surface area contributed by atoms with Crippen molar-refractivity contribution in [3.63, 3.8) is 0 Å². The topological polar surface area (TPSA) is 251 Å². The smallest absolute Gasteiger partial charge is 0.329 e. The first-order valence-corrected chi connectivity index (χ1v) is 18.6. The van der Waals surface area contributed by atoms with Crippen LogP contribution in [0.25, 0.3) is 0 Å². The summed E-state index contributed by atoms with van der Waals surface area (Å²) in [7, 11) is 0. The van der Waals surface area contributed by atoms with E-state index < -0.39 is 9.85 Å². The molecule has 18 heteroatoms. The van der Waals surface area contributed by atoms with E-state index in [1.165, 1.54) is 12.4 Å². The first-order valence-electron chi connectivity index (χ1n) is 17.7. The average Bonchev–Trinajstić information content (AvgIpc) is 3.90. The zero-order valence-corrected chi connectivity index (χ0v) is 29.9. The first-order chi connectivity index (χ1) is 25.3. The van der Waals surface area contributed by atoms with Gasteiger partial charge in [-0.05, 0) is 112 Å². The first kappa shape index (κ1) is 38.3. The molecule has 4 aromatic heterocycles. The summed E-state index contributed by atoms with van der Waals surface area (Å²) in [5.41, 5.74) is 11.2. The number of nitrogens with two attached hydrogens (primary N) is 2. The predicted molar refractivity (Wildman–Crippen MR) is 201 cm³/mol. The molecule has 0 atom stereocenters. The third-order valence-corrected chi connectivity index (χ3v) is 10.5. The van der Waals surface area contributed by atoms with Gasteiger partial charge in [-0.15, -0.1) is 11.3 Å². The monoisotopic (exact) mass is 736 g/mol. The number of rotatable bonds is 16. The van der Waals surface area contributed by atoms with E-state index in [-0.39, 0.29) is 23.0 Å². The van der Waals surface area contributed by atoms with Crippen molar-refractivity contribution >= 4 is 46.2 Å². The van der Waals surface area contributed by atoms with E-state index in [1.807, 2.05) is 23.6 Å². The zero-order chi connectivity index (χ0) is 36.7. The van der Waals surface area contributed by atoms with Gasteiger partial charge in [-0.1, -0.05) is 6.07 Å². The summed E-state index contributed by atoms with van der Waals surface area (Å²) in [5.74, 6) is 4.16. The number of aromatic nitrogens is 4. The Balaban J connectivity index is 0.000000201. The number of nitro groups is 2. The van der Waals surface area contributed by atoms with E-state index in [0.717, 1.165) is 75.1 Å². The summed E-state index contributed by atoms with van der Waals surface area (Å²) in [6.45, 7) is 3.83. The molecule has 4 heterocycles. The fourth-order valence-corrected chi connectivity index (χ4v) is 7.08. The van der Waals surface area contributed by atoms with Gasteiger partial charge in [0.25, 0.3) is 0 Å². The van der Waals surface area contributed by atoms with Crippen LogP contribution >= 0.6 is 11.3 Å². The molecule has 2 fully saturated rings. The Hall–Kier alpha value is -4.94. The maximum Gasteiger partial charge on any atom is 0.329 e. The Labute approximate surface area is 306 Å². The summed E-state index contributed by atoms with van der Waals surface area (Å²) in [6, 6.07) is 7.61. The minimum atomic E-state index is -0.468. The number of anilines is 4. The van der Waals surface area contributed by atoms with Crippen LogP contribution in [0.1, 0.15) is 62.0 Å². The molecule has 0 saturated heterocycles. The molecule has 0 spiro atoms. The molecule has 0 bridgehead atoms. The molecule has 0 unspecified atom stereocenters. The Kier molecular flexibility index (Phi) is 14.4. The van der Waals surface area contributed by atoms with Crippen LogP contribution in [0.3, 0.4) is 0 Å². The number of furan rings is 1. The van der Waals surface area contributed by atoms with Gasteiger partial charge in [0.2, 0.25) is 23.5 Å². The van der Waals surface area contributed by atoms with Gasteiger partial charge in [0.1, 0.15) is 18.2 Å². The molecule has 6 rings (SSSR count). The second-order valence-corrected chi connectivity index (χ2v) is 14.3. The zero-order valence-electron chi connectivity index (χ0n) is 29.1. The molecule has 0 radical (unpaired) electrons. The van der Waals surface area contributed by atoms with Crippen LogP contribution in [0.4, 0.5) is 34.9 Å². The number of hydrogen-bond donors (Lipinski definition) is 6. The van der Waals surface area contributed by atoms with Crippen LogP contribution in [0, 0.1) is 43.9 Å². The van der Waals surface area contributed by atoms with Gasteiger partial charge in [0, 0.05) is 18.0 Å². The molecule has 0 aromatic carbocycles. The third-order valence-electron chi connectivity index (χ3n) is 9.65. The van der Waals surface area contributed by atoms with Crippen molar-refractivity contribution in [3.8, 4) is 0 Å². The summed E-state index contributed by atoms with van der Waals surface area (Å²) in [4.78, 5) is 39.4. The van der Waals surface area contributed by atoms with Crippen molar-refractivity contribution in [1.82, 2.24) is 19.9 Å². The highest BCUT2D eigenvalue weighted by molar-refractivity contribution is 7.09. The SMILES string of the molecule is NCC1CCC(CNc2nc(NCc3ccco3)ncc2[N+](=O)[O-])CC1.NCC1CCC(CNc2nc(NCc3cccs3)ncc2[N+](=O)[O-])CC1. The fourth-order valence-electron chi connectivity index (χ4n) is 6.43. The van der Waals surface area contributed by atoms with E-state index in [9.17, 15) is 20.2 Å². The van der Waals surface area contributed by atoms with E-state index >= 15 is 0 Å². The van der Waals surface area contributed by atoms with Crippen molar-refractivity contribution in [3.05, 3.63) is 79.2 Å². The second kappa shape index (κ2) is 19.6. The summed E-state index contributed by atoms with van der Waals surface area (Å²) >= 11 is 1.63. The van der Waals surface area contributed by atoms with E-state index in [0.29, 0.717) is 61.7 Å². The lowest BCUT2D eigenvalue weighted by atomic mass is 9.82. The Bertz CT molecular complexity index is 1550. The summed E-state index contributed by atoms with van der Waals surface area (Å²) < 4.78 is 5.24. The van der Waals surface area contributed by atoms with Crippen LogP contribution < -0.4 is 32.7 Å². The van der Waals surface area contributed by atoms with Crippen molar-refractivity contribution in [2.75, 3.05) is 47.4 Å². The summed E-state index contributed by atoms with van der Waals surface area (Å²) in [5, 5.41) is 37.0. The molecule has 2 aliphatic carbocycles. The quantitative estimate of drug-likeness (QED) is 0.0570. The minimum absolute atomic E-state index is 0.0951. The molecule has 4 aromatic rings. The highest BCUT2D eigenvalue weighted by Crippen LogP contribution is 2.31. The van der Waals surface area contributed by atoms with Crippen molar-refractivity contribution in [1.29, 1.82) is 0 Å². The van der Waals surface area contributed by atoms with Crippen LogP contribution in [-0.4, -0.2) is 56.0 Å². The van der Waals surface area contributed by atoms with Crippen LogP contribution in [0.2, 0.25) is 0 Å². The number of thiophene rings is 1. The maximum atomic E-state index is 11.3. The van der Waals surface area contributed by atoms with Gasteiger partial charge in [0.05, 0.1) is 29.2 Å². The van der Waals surface area contributed by atoms with Crippen LogP contribution in [0.5, 0.6) is 0 Å². The van der Waals surface area contributed by atoms with E-state index in [2.05, 4.69) is 41.2 Å². The van der Waals surface area contributed by atoms with Crippen molar-refractivity contribution in [2.45, 2.75) is 64.5 Å². The molecule has 0 aliphatic heterocycles. The molecule has 2 aliphatic rings. The molecule has 17 nitrogen and oxygen atoms in total. The van der Waals surface area contributed by atoms with Crippen LogP contribution in [-0.2, 0) is 13.1 Å². The minimum Gasteiger partial charge on any atom is -0.467 e. The third kappa shape index (κ3) is 11.5. The highest BCUT2D eigenvalue weighted by Gasteiger charge is 2.24. The van der Waals surface area contributed by atoms with E-state index in [1.54, 1.807) is 23.7 Å². The second-order valence-electron chi connectivity index (χ2n) is 13.2. The molecule has 8 N–H and O–H groups in total. The normalized spacial score (nSPS) is 19.9. The lowest BCUT2D eigenvalue weighted by Gasteiger charge is -2.27. The van der Waals surface area contributed by atoms with Gasteiger partial charge in [-0.25, -0.2) is 9.97 Å². The average molecular weight is 737 g/mol. The van der Waals surface area contributed by atoms with Gasteiger partial charge in [0.15, 0.2) is 0 Å². The van der Waals surface area contributed by atoms with Crippen molar-refractivity contribution < 1.29 is 14.3 Å². The lowest BCUT2D eigenvalue weighted by Crippen LogP contribution is -2.25. The summed E-state index contributed by atoms with van der Waals surface area (Å²) in [6.07, 6.45) is 12.9. The molecule has 280 valence electrons. The Morgan fingerprint density at radius 2 is 1.21 bits per heavy atom. The maximum absolute atomic E-state index is 11.3. The number of hydrogen-bond acceptors (Lipinski definition) is 16. The van der Waals surface area contributed by atoms with E-state index in [4.69, 9.17) is 15.9 Å². The van der Waals surface area contributed by atoms with Crippen molar-refractivity contribution in [2.24, 2.45) is 35.1 Å². The lowest BCUT2D eigenvalue weighted by molar-refractivity contribution is -0.384. The number of nitrogens with zero attached hydrogens (tertiary/aromatic N) is 6. The molecule has 52 heavy (non-hydrogen) atoms. The molecular weight excluding hydrogens is 689 g/mol. The molecule has 0 amide bonds. The Morgan fingerprint density at radius 1 is 0.712 bits per heavy atom. The van der Waals surface area contributed by atoms with Gasteiger partial charge < -0.3 is 37.2 Å². The highest BCUT2D eigenvalue weighted by atomic mass is 32.1. The standard InChI is InChI=1S/C17H24N6O3.C17H24N6O2S/c2*18-8-12-3-5-13(6-4-12)9-19-16-15(23(24)25)11-21-17(22-16)20-10-14-2-1-7-26-14/h2*1-2,7,11-13H,3-6,8-10,18H2,(H2,19,20,21,22). The molecular formula is C34H48N12O5S. The van der Waals surface area contributed by atoms with Gasteiger partial charge >= 0.3 is 11.4 Å². The Morgan fingerprint density at radius 3 is 1.63 bits per heavy atom. The number of nitrogens with one attached hydrogen (secondary N) is 4.